The van der Waals surface area contributed by atoms with Crippen LogP contribution in [0.15, 0.2) is 0 Å². The summed E-state index contributed by atoms with van der Waals surface area (Å²) in [5.41, 5.74) is 0. The quantitative estimate of drug-likeness (QED) is 0.258. The molecule has 0 N–H and O–H groups in total. The molecule has 0 aromatic heterocycles. The van der Waals surface area contributed by atoms with Crippen molar-refractivity contribution < 1.29 is 93.6 Å². The van der Waals surface area contributed by atoms with Crippen molar-refractivity contribution >= 4 is 5.97 Å². The largest absolute Gasteiger partial charge is 0.462 e. The van der Waals surface area contributed by atoms with Crippen LogP contribution in [-0.4, -0.2) is 61.0 Å². The first kappa shape index (κ1) is 32.2. The van der Waals surface area contributed by atoms with Crippen molar-refractivity contribution in [1.82, 2.24) is 0 Å². The highest BCUT2D eigenvalue weighted by atomic mass is 19.4. The highest BCUT2D eigenvalue weighted by molar-refractivity contribution is 5.78. The number of esters is 1. The minimum atomic E-state index is -8.04. The average molecular weight is 552 g/mol. The lowest BCUT2D eigenvalue weighted by molar-refractivity contribution is -0.548. The van der Waals surface area contributed by atoms with Crippen LogP contribution in [-0.2, 0) is 19.0 Å². The molecule has 4 nitrogen and oxygen atoms in total. The van der Waals surface area contributed by atoms with Gasteiger partial charge in [0.05, 0.1) is 6.61 Å². The Kier molecular flexibility index (Phi) is 8.53. The van der Waals surface area contributed by atoms with Crippen LogP contribution < -0.4 is 0 Å². The molecule has 0 unspecified atom stereocenters. The predicted molar refractivity (Wildman–Crippen MR) is 68.7 cm³/mol. The fourth-order valence-corrected chi connectivity index (χ4v) is 1.48. The van der Waals surface area contributed by atoms with Crippen molar-refractivity contribution in [3.63, 3.8) is 0 Å². The van der Waals surface area contributed by atoms with E-state index in [2.05, 4.69) is 4.74 Å². The van der Waals surface area contributed by atoms with Gasteiger partial charge in [-0.15, -0.1) is 0 Å². The lowest BCUT2D eigenvalue weighted by Crippen LogP contribution is -2.68. The third-order valence-corrected chi connectivity index (χ3v) is 3.17. The molecule has 0 saturated heterocycles. The third-order valence-electron chi connectivity index (χ3n) is 3.17. The maximum atomic E-state index is 14.0. The Morgan fingerprint density at radius 1 is 0.618 bits per heavy atom. The van der Waals surface area contributed by atoms with E-state index >= 15 is 0 Å². The molecule has 0 aliphatic rings. The molecule has 0 saturated carbocycles. The van der Waals surface area contributed by atoms with Crippen LogP contribution >= 0.6 is 0 Å². The topological polar surface area (TPSA) is 44.8 Å². The summed E-state index contributed by atoms with van der Waals surface area (Å²) in [5, 5.41) is 0. The first-order valence-corrected chi connectivity index (χ1v) is 7.79. The van der Waals surface area contributed by atoms with Crippen LogP contribution in [0.4, 0.5) is 74.6 Å². The van der Waals surface area contributed by atoms with Gasteiger partial charge in [-0.25, -0.2) is 4.79 Å². The summed E-state index contributed by atoms with van der Waals surface area (Å²) >= 11 is 0. The fourth-order valence-electron chi connectivity index (χ4n) is 1.48. The zero-order valence-corrected chi connectivity index (χ0v) is 15.8. The van der Waals surface area contributed by atoms with Gasteiger partial charge in [0, 0.05) is 0 Å². The SMILES string of the molecule is CC(C)COC(=O)[C@@](F)(OC(F)(F)[C@@](F)(OC(F)(F)C(F)(F)C(F)(F)F)C(F)(F)F)C(F)(F)F. The van der Waals surface area contributed by atoms with Gasteiger partial charge in [-0.3, -0.25) is 9.47 Å². The van der Waals surface area contributed by atoms with Crippen LogP contribution in [0, 0.1) is 5.92 Å². The van der Waals surface area contributed by atoms with Crippen molar-refractivity contribution in [2.45, 2.75) is 62.2 Å². The molecular formula is C13H9F17O4. The molecule has 204 valence electrons. The van der Waals surface area contributed by atoms with Crippen molar-refractivity contribution in [2.24, 2.45) is 5.92 Å². The minimum absolute atomic E-state index is 1.01. The second-order valence-corrected chi connectivity index (χ2v) is 6.49. The van der Waals surface area contributed by atoms with Gasteiger partial charge in [-0.2, -0.15) is 74.6 Å². The zero-order chi connectivity index (χ0) is 28.0. The summed E-state index contributed by atoms with van der Waals surface area (Å²) in [6, 6.07) is 0. The Bertz CT molecular complexity index is 724. The van der Waals surface area contributed by atoms with Gasteiger partial charge in [0.25, 0.3) is 0 Å². The van der Waals surface area contributed by atoms with E-state index in [4.69, 9.17) is 0 Å². The summed E-state index contributed by atoms with van der Waals surface area (Å²) in [5.74, 6) is -27.4. The van der Waals surface area contributed by atoms with Crippen molar-refractivity contribution in [3.8, 4) is 0 Å². The van der Waals surface area contributed by atoms with E-state index in [-0.39, 0.29) is 0 Å². The fraction of sp³-hybridized carbons (Fsp3) is 0.923. The number of halogens is 17. The van der Waals surface area contributed by atoms with Crippen molar-refractivity contribution in [2.75, 3.05) is 6.61 Å². The van der Waals surface area contributed by atoms with E-state index in [0.29, 0.717) is 0 Å². The number of ether oxygens (including phenoxy) is 3. The third kappa shape index (κ3) is 5.88. The Hall–Kier alpha value is -1.80. The number of rotatable bonds is 9. The van der Waals surface area contributed by atoms with Crippen LogP contribution in [0.1, 0.15) is 13.8 Å². The second-order valence-electron chi connectivity index (χ2n) is 6.49. The molecule has 0 heterocycles. The van der Waals surface area contributed by atoms with Crippen LogP contribution in [0.3, 0.4) is 0 Å². The summed E-state index contributed by atoms with van der Waals surface area (Å²) in [4.78, 5) is 11.2. The highest BCUT2D eigenvalue weighted by Crippen LogP contribution is 2.56. The lowest BCUT2D eigenvalue weighted by Gasteiger charge is -2.39. The molecule has 0 aliphatic heterocycles. The minimum Gasteiger partial charge on any atom is -0.461 e. The van der Waals surface area contributed by atoms with E-state index in [9.17, 15) is 79.4 Å². The van der Waals surface area contributed by atoms with Crippen molar-refractivity contribution in [3.05, 3.63) is 0 Å². The summed E-state index contributed by atoms with van der Waals surface area (Å²) in [6.07, 6.45) is -38.5. The average Bonchev–Trinajstić information content (AvgIpc) is 2.55. The molecule has 0 rings (SSSR count). The summed E-state index contributed by atoms with van der Waals surface area (Å²) in [6.45, 7) is 0.786. The van der Waals surface area contributed by atoms with Gasteiger partial charge in [-0.1, -0.05) is 13.8 Å². The van der Waals surface area contributed by atoms with E-state index < -0.39 is 66.9 Å². The van der Waals surface area contributed by atoms with Gasteiger partial charge in [-0.05, 0) is 5.92 Å². The number of carbonyl (C=O) groups is 1. The molecule has 0 fully saturated rings. The molecule has 0 aliphatic carbocycles. The normalized spacial score (nSPS) is 18.5. The van der Waals surface area contributed by atoms with E-state index in [1.165, 1.54) is 4.74 Å². The predicted octanol–water partition coefficient (Wildman–Crippen LogP) is 6.06. The summed E-state index contributed by atoms with van der Waals surface area (Å²) < 4.78 is 226. The van der Waals surface area contributed by atoms with Gasteiger partial charge < -0.3 is 4.74 Å². The molecule has 0 spiro atoms. The number of hydrogen-bond donors (Lipinski definition) is 0. The van der Waals surface area contributed by atoms with Crippen LogP contribution in [0.2, 0.25) is 0 Å². The Labute approximate surface area is 175 Å². The number of alkyl halides is 17. The van der Waals surface area contributed by atoms with Crippen molar-refractivity contribution in [1.29, 1.82) is 0 Å². The molecule has 34 heavy (non-hydrogen) atoms. The molecule has 2 atom stereocenters. The Balaban J connectivity index is 6.67. The Morgan fingerprint density at radius 2 is 1.03 bits per heavy atom. The van der Waals surface area contributed by atoms with E-state index in [1.807, 2.05) is 4.74 Å². The first-order chi connectivity index (χ1) is 14.5. The smallest absolute Gasteiger partial charge is 0.461 e. The van der Waals surface area contributed by atoms with Crippen LogP contribution in [0.5, 0.6) is 0 Å². The molecule has 21 heteroatoms. The van der Waals surface area contributed by atoms with Gasteiger partial charge in [0.1, 0.15) is 0 Å². The van der Waals surface area contributed by atoms with E-state index in [1.54, 1.807) is 0 Å². The number of hydrogen-bond acceptors (Lipinski definition) is 4. The van der Waals surface area contributed by atoms with Gasteiger partial charge in [0.2, 0.25) is 0 Å². The van der Waals surface area contributed by atoms with E-state index in [0.717, 1.165) is 13.8 Å². The maximum absolute atomic E-state index is 14.0. The molecule has 0 radical (unpaired) electrons. The maximum Gasteiger partial charge on any atom is 0.462 e. The van der Waals surface area contributed by atoms with Gasteiger partial charge in [0.15, 0.2) is 0 Å². The molecule has 0 aromatic rings. The lowest BCUT2D eigenvalue weighted by atomic mass is 10.2. The molecular weight excluding hydrogens is 543 g/mol. The number of carbonyl (C=O) groups excluding carboxylic acids is 1. The van der Waals surface area contributed by atoms with Gasteiger partial charge >= 0.3 is 54.3 Å². The van der Waals surface area contributed by atoms with Crippen LogP contribution in [0.25, 0.3) is 0 Å². The molecule has 0 amide bonds. The second kappa shape index (κ2) is 9.01. The summed E-state index contributed by atoms with van der Waals surface area (Å²) in [7, 11) is 0. The highest BCUT2D eigenvalue weighted by Gasteiger charge is 2.85. The zero-order valence-electron chi connectivity index (χ0n) is 15.8. The Morgan fingerprint density at radius 3 is 1.32 bits per heavy atom. The standard InChI is InChI=1S/C13H9F17O4/c1-4(2)3-32-5(31)6(14,9(18,19)20)33-13(29,30)8(17,11(24,25)26)34-12(27,28)7(15,16)10(21,22)23/h4H,3H2,1-2H3/t6-,8+/m1/s1. The first-order valence-electron chi connectivity index (χ1n) is 7.79. The molecule has 0 bridgehead atoms. The molecule has 0 aromatic carbocycles. The monoisotopic (exact) mass is 552 g/mol.